The fourth-order valence-corrected chi connectivity index (χ4v) is 2.61. The highest BCUT2D eigenvalue weighted by Crippen LogP contribution is 2.28. The van der Waals surface area contributed by atoms with E-state index in [1.54, 1.807) is 17.5 Å². The number of carbonyl (C=O) groups is 1. The molecule has 18 heavy (non-hydrogen) atoms. The van der Waals surface area contributed by atoms with E-state index in [4.69, 9.17) is 4.74 Å². The van der Waals surface area contributed by atoms with Gasteiger partial charge in [0.2, 0.25) is 0 Å². The van der Waals surface area contributed by atoms with Crippen molar-refractivity contribution in [3.05, 3.63) is 23.7 Å². The summed E-state index contributed by atoms with van der Waals surface area (Å²) in [5.74, 6) is 0.637. The third-order valence-corrected chi connectivity index (χ3v) is 3.55. The number of likely N-dealkylation sites (N-methyl/N-ethyl adjacent to an activating group) is 1. The van der Waals surface area contributed by atoms with Crippen LogP contribution in [0.3, 0.4) is 0 Å². The van der Waals surface area contributed by atoms with Crippen LogP contribution in [0.4, 0.5) is 5.82 Å². The Hall–Kier alpha value is -1.62. The van der Waals surface area contributed by atoms with Crippen molar-refractivity contribution in [3.63, 3.8) is 0 Å². The molecule has 2 heterocycles. The monoisotopic (exact) mass is 264 g/mol. The molecule has 0 aliphatic heterocycles. The first-order valence-corrected chi connectivity index (χ1v) is 6.87. The maximum Gasteiger partial charge on any atom is 0.325 e. The summed E-state index contributed by atoms with van der Waals surface area (Å²) in [6.07, 6.45) is 1.78. The number of esters is 1. The number of fused-ring (bicyclic) bond motifs is 1. The van der Waals surface area contributed by atoms with Crippen molar-refractivity contribution in [1.29, 1.82) is 0 Å². The SMILES string of the molecule is CCOC(=O)CN(CC)c1nccc2sccc12. The Kier molecular flexibility index (Phi) is 4.15. The summed E-state index contributed by atoms with van der Waals surface area (Å²) in [5.41, 5.74) is 0. The van der Waals surface area contributed by atoms with Crippen LogP contribution in [0, 0.1) is 0 Å². The smallest absolute Gasteiger partial charge is 0.325 e. The lowest BCUT2D eigenvalue weighted by Gasteiger charge is -2.21. The van der Waals surface area contributed by atoms with Crippen molar-refractivity contribution in [3.8, 4) is 0 Å². The minimum absolute atomic E-state index is 0.214. The van der Waals surface area contributed by atoms with Gasteiger partial charge in [0.25, 0.3) is 0 Å². The van der Waals surface area contributed by atoms with E-state index in [0.717, 1.165) is 17.7 Å². The van der Waals surface area contributed by atoms with Crippen molar-refractivity contribution in [2.75, 3.05) is 24.6 Å². The van der Waals surface area contributed by atoms with E-state index >= 15 is 0 Å². The number of thiophene rings is 1. The van der Waals surface area contributed by atoms with Gasteiger partial charge in [-0.25, -0.2) is 4.98 Å². The highest BCUT2D eigenvalue weighted by molar-refractivity contribution is 7.17. The van der Waals surface area contributed by atoms with Crippen molar-refractivity contribution in [2.24, 2.45) is 0 Å². The number of pyridine rings is 1. The average Bonchev–Trinajstić information content (AvgIpc) is 2.84. The van der Waals surface area contributed by atoms with Crippen LogP contribution < -0.4 is 4.90 Å². The van der Waals surface area contributed by atoms with Crippen LogP contribution in [-0.4, -0.2) is 30.6 Å². The molecule has 0 aliphatic rings. The zero-order valence-corrected chi connectivity index (χ0v) is 11.4. The highest BCUT2D eigenvalue weighted by atomic mass is 32.1. The molecule has 2 aromatic rings. The summed E-state index contributed by atoms with van der Waals surface area (Å²) in [7, 11) is 0. The minimum Gasteiger partial charge on any atom is -0.465 e. The van der Waals surface area contributed by atoms with Crippen LogP contribution in [0.15, 0.2) is 23.7 Å². The lowest BCUT2D eigenvalue weighted by molar-refractivity contribution is -0.141. The second-order valence-electron chi connectivity index (χ2n) is 3.79. The first-order chi connectivity index (χ1) is 8.76. The van der Waals surface area contributed by atoms with Gasteiger partial charge in [0.05, 0.1) is 6.61 Å². The fourth-order valence-electron chi connectivity index (χ4n) is 1.83. The Balaban J connectivity index is 2.26. The Morgan fingerprint density at radius 1 is 1.44 bits per heavy atom. The van der Waals surface area contributed by atoms with E-state index < -0.39 is 0 Å². The second-order valence-corrected chi connectivity index (χ2v) is 4.73. The molecule has 0 aliphatic carbocycles. The maximum absolute atomic E-state index is 11.6. The number of anilines is 1. The molecule has 0 bridgehead atoms. The molecule has 2 aromatic heterocycles. The molecule has 0 saturated heterocycles. The Morgan fingerprint density at radius 3 is 3.00 bits per heavy atom. The molecule has 0 unspecified atom stereocenters. The predicted molar refractivity (Wildman–Crippen MR) is 74.1 cm³/mol. The number of hydrogen-bond acceptors (Lipinski definition) is 5. The first kappa shape index (κ1) is 12.8. The molecule has 4 nitrogen and oxygen atoms in total. The molecular formula is C13H16N2O2S. The number of nitrogens with zero attached hydrogens (tertiary/aromatic N) is 2. The zero-order chi connectivity index (χ0) is 13.0. The van der Waals surface area contributed by atoms with Crippen molar-refractivity contribution < 1.29 is 9.53 Å². The van der Waals surface area contributed by atoms with Gasteiger partial charge in [0.1, 0.15) is 12.4 Å². The molecule has 5 heteroatoms. The standard InChI is InChI=1S/C13H16N2O2S/c1-3-15(9-12(16)17-4-2)13-10-6-8-18-11(10)5-7-14-13/h5-8H,3-4,9H2,1-2H3. The van der Waals surface area contributed by atoms with Gasteiger partial charge in [0, 0.05) is 22.8 Å². The van der Waals surface area contributed by atoms with Gasteiger partial charge < -0.3 is 9.64 Å². The first-order valence-electron chi connectivity index (χ1n) is 5.99. The van der Waals surface area contributed by atoms with Crippen molar-refractivity contribution in [1.82, 2.24) is 4.98 Å². The van der Waals surface area contributed by atoms with Crippen LogP contribution >= 0.6 is 11.3 Å². The normalized spacial score (nSPS) is 10.6. The highest BCUT2D eigenvalue weighted by Gasteiger charge is 2.14. The van der Waals surface area contributed by atoms with Crippen LogP contribution in [-0.2, 0) is 9.53 Å². The number of aromatic nitrogens is 1. The lowest BCUT2D eigenvalue weighted by Crippen LogP contribution is -2.31. The van der Waals surface area contributed by atoms with Crippen LogP contribution in [0.5, 0.6) is 0 Å². The third-order valence-electron chi connectivity index (χ3n) is 2.67. The van der Waals surface area contributed by atoms with Crippen LogP contribution in [0.1, 0.15) is 13.8 Å². The summed E-state index contributed by atoms with van der Waals surface area (Å²) in [4.78, 5) is 17.9. The summed E-state index contributed by atoms with van der Waals surface area (Å²) >= 11 is 1.68. The molecule has 96 valence electrons. The predicted octanol–water partition coefficient (Wildman–Crippen LogP) is 2.69. The van der Waals surface area contributed by atoms with Gasteiger partial charge in [-0.15, -0.1) is 11.3 Å². The van der Waals surface area contributed by atoms with Gasteiger partial charge in [-0.3, -0.25) is 4.79 Å². The Morgan fingerprint density at radius 2 is 2.28 bits per heavy atom. The maximum atomic E-state index is 11.6. The number of rotatable bonds is 5. The summed E-state index contributed by atoms with van der Waals surface area (Å²) < 4.78 is 6.17. The van der Waals surface area contributed by atoms with Gasteiger partial charge in [-0.05, 0) is 31.4 Å². The van der Waals surface area contributed by atoms with Crippen molar-refractivity contribution >= 4 is 33.2 Å². The van der Waals surface area contributed by atoms with Crippen LogP contribution in [0.25, 0.3) is 10.1 Å². The van der Waals surface area contributed by atoms with E-state index in [1.807, 2.05) is 36.3 Å². The topological polar surface area (TPSA) is 42.4 Å². The van der Waals surface area contributed by atoms with Gasteiger partial charge in [-0.2, -0.15) is 0 Å². The number of hydrogen-bond donors (Lipinski definition) is 0. The van der Waals surface area contributed by atoms with Crippen molar-refractivity contribution in [2.45, 2.75) is 13.8 Å². The van der Waals surface area contributed by atoms with E-state index in [9.17, 15) is 4.79 Å². The van der Waals surface area contributed by atoms with Gasteiger partial charge in [-0.1, -0.05) is 0 Å². The van der Waals surface area contributed by atoms with E-state index in [2.05, 4.69) is 4.98 Å². The lowest BCUT2D eigenvalue weighted by atomic mass is 10.3. The minimum atomic E-state index is -0.214. The molecule has 0 fully saturated rings. The molecule has 0 saturated carbocycles. The quantitative estimate of drug-likeness (QED) is 0.779. The van der Waals surface area contributed by atoms with E-state index in [1.165, 1.54) is 4.70 Å². The van der Waals surface area contributed by atoms with Gasteiger partial charge in [0.15, 0.2) is 0 Å². The third kappa shape index (κ3) is 2.61. The summed E-state index contributed by atoms with van der Waals surface area (Å²) in [6.45, 7) is 5.19. The molecule has 0 aromatic carbocycles. The molecule has 0 N–H and O–H groups in total. The van der Waals surface area contributed by atoms with Crippen LogP contribution in [0.2, 0.25) is 0 Å². The second kappa shape index (κ2) is 5.82. The zero-order valence-electron chi connectivity index (χ0n) is 10.5. The molecule has 0 amide bonds. The number of ether oxygens (including phenoxy) is 1. The van der Waals surface area contributed by atoms with Gasteiger partial charge >= 0.3 is 5.97 Å². The average molecular weight is 264 g/mol. The number of carbonyl (C=O) groups excluding carboxylic acids is 1. The largest absolute Gasteiger partial charge is 0.465 e. The Labute approximate surface area is 110 Å². The fraction of sp³-hybridized carbons (Fsp3) is 0.385. The Bertz CT molecular complexity index is 539. The van der Waals surface area contributed by atoms with E-state index in [-0.39, 0.29) is 12.5 Å². The molecule has 2 rings (SSSR count). The van der Waals surface area contributed by atoms with E-state index in [0.29, 0.717) is 6.61 Å². The molecule has 0 atom stereocenters. The molecule has 0 radical (unpaired) electrons. The molecule has 0 spiro atoms. The summed E-state index contributed by atoms with van der Waals surface area (Å²) in [5, 5.41) is 3.13. The molecular weight excluding hydrogens is 248 g/mol. The summed E-state index contributed by atoms with van der Waals surface area (Å²) in [6, 6.07) is 4.03.